The Balaban J connectivity index is 2.20. The molecule has 0 saturated carbocycles. The maximum atomic E-state index is 8.67. The predicted molar refractivity (Wildman–Crippen MR) is 68.3 cm³/mol. The molecule has 0 radical (unpaired) electrons. The quantitative estimate of drug-likeness (QED) is 0.780. The molecule has 0 atom stereocenters. The van der Waals surface area contributed by atoms with E-state index in [1.807, 2.05) is 29.2 Å². The summed E-state index contributed by atoms with van der Waals surface area (Å²) in [5.74, 6) is 0. The van der Waals surface area contributed by atoms with E-state index in [9.17, 15) is 0 Å². The number of nitriles is 1. The van der Waals surface area contributed by atoms with Gasteiger partial charge >= 0.3 is 0 Å². The first-order valence-corrected chi connectivity index (χ1v) is 5.81. The van der Waals surface area contributed by atoms with Crippen molar-refractivity contribution < 1.29 is 9.15 Å². The van der Waals surface area contributed by atoms with E-state index in [0.29, 0.717) is 32.1 Å². The van der Waals surface area contributed by atoms with Gasteiger partial charge in [0.2, 0.25) is 0 Å². The van der Waals surface area contributed by atoms with Crippen molar-refractivity contribution in [1.29, 1.82) is 5.26 Å². The second-order valence-corrected chi connectivity index (χ2v) is 3.85. The minimum absolute atomic E-state index is 0.433. The smallest absolute Gasteiger partial charge is 0.298 e. The van der Waals surface area contributed by atoms with E-state index < -0.39 is 0 Å². The standard InChI is InChI=1S/C13H15N3O2/c1-17-10-9-16(8-4-7-14)13-15-11-5-2-3-6-12(11)18-13/h2-3,5-6H,4,8-10H2,1H3. The Labute approximate surface area is 106 Å². The highest BCUT2D eigenvalue weighted by Crippen LogP contribution is 2.21. The topological polar surface area (TPSA) is 62.3 Å². The van der Waals surface area contributed by atoms with Gasteiger partial charge in [-0.1, -0.05) is 12.1 Å². The van der Waals surface area contributed by atoms with Crippen LogP contribution in [0.1, 0.15) is 6.42 Å². The van der Waals surface area contributed by atoms with Crippen LogP contribution in [0.2, 0.25) is 0 Å². The highest BCUT2D eigenvalue weighted by Gasteiger charge is 2.13. The third kappa shape index (κ3) is 2.79. The molecule has 1 aromatic carbocycles. The molecular formula is C13H15N3O2. The zero-order valence-electron chi connectivity index (χ0n) is 10.3. The lowest BCUT2D eigenvalue weighted by atomic mass is 10.3. The van der Waals surface area contributed by atoms with Gasteiger partial charge in [-0.15, -0.1) is 0 Å². The van der Waals surface area contributed by atoms with Gasteiger partial charge in [0.25, 0.3) is 6.01 Å². The van der Waals surface area contributed by atoms with Gasteiger partial charge in [-0.2, -0.15) is 10.2 Å². The van der Waals surface area contributed by atoms with E-state index in [-0.39, 0.29) is 0 Å². The summed E-state index contributed by atoms with van der Waals surface area (Å²) >= 11 is 0. The van der Waals surface area contributed by atoms with E-state index in [1.165, 1.54) is 0 Å². The number of hydrogen-bond acceptors (Lipinski definition) is 5. The van der Waals surface area contributed by atoms with Crippen molar-refractivity contribution in [2.75, 3.05) is 31.7 Å². The van der Waals surface area contributed by atoms with Crippen LogP contribution in [-0.2, 0) is 4.74 Å². The first-order chi connectivity index (χ1) is 8.85. The first kappa shape index (κ1) is 12.4. The third-order valence-electron chi connectivity index (χ3n) is 2.61. The van der Waals surface area contributed by atoms with Crippen LogP contribution >= 0.6 is 0 Å². The summed E-state index contributed by atoms with van der Waals surface area (Å²) in [5.41, 5.74) is 1.58. The molecular weight excluding hydrogens is 230 g/mol. The van der Waals surface area contributed by atoms with Crippen LogP contribution in [0, 0.1) is 11.3 Å². The zero-order chi connectivity index (χ0) is 12.8. The van der Waals surface area contributed by atoms with Gasteiger partial charge in [0, 0.05) is 20.2 Å². The normalized spacial score (nSPS) is 10.4. The molecule has 0 amide bonds. The molecule has 2 aromatic rings. The Morgan fingerprint density at radius 2 is 2.22 bits per heavy atom. The van der Waals surface area contributed by atoms with Crippen LogP contribution in [0.3, 0.4) is 0 Å². The number of para-hydroxylation sites is 2. The van der Waals surface area contributed by atoms with Crippen molar-refractivity contribution in [2.24, 2.45) is 0 Å². The number of rotatable bonds is 6. The van der Waals surface area contributed by atoms with Crippen LogP contribution in [0.15, 0.2) is 28.7 Å². The summed E-state index contributed by atoms with van der Waals surface area (Å²) in [6, 6.07) is 10.3. The molecule has 0 aliphatic rings. The average Bonchev–Trinajstić information content (AvgIpc) is 2.82. The fourth-order valence-electron chi connectivity index (χ4n) is 1.68. The molecule has 0 bridgehead atoms. The highest BCUT2D eigenvalue weighted by molar-refractivity contribution is 5.74. The number of methoxy groups -OCH3 is 1. The molecule has 5 heteroatoms. The van der Waals surface area contributed by atoms with Crippen molar-refractivity contribution in [2.45, 2.75) is 6.42 Å². The molecule has 94 valence electrons. The number of anilines is 1. The van der Waals surface area contributed by atoms with Gasteiger partial charge < -0.3 is 14.1 Å². The second kappa shape index (κ2) is 6.03. The second-order valence-electron chi connectivity index (χ2n) is 3.85. The Kier molecular flexibility index (Phi) is 4.15. The highest BCUT2D eigenvalue weighted by atomic mass is 16.5. The molecule has 0 aliphatic heterocycles. The largest absolute Gasteiger partial charge is 0.423 e. The lowest BCUT2D eigenvalue weighted by molar-refractivity contribution is 0.204. The van der Waals surface area contributed by atoms with Crippen LogP contribution < -0.4 is 4.90 Å². The minimum atomic E-state index is 0.433. The Morgan fingerprint density at radius 3 is 2.94 bits per heavy atom. The number of aromatic nitrogens is 1. The van der Waals surface area contributed by atoms with Gasteiger partial charge in [0.1, 0.15) is 5.52 Å². The fraction of sp³-hybridized carbons (Fsp3) is 0.385. The molecule has 0 N–H and O–H groups in total. The third-order valence-corrected chi connectivity index (χ3v) is 2.61. The number of fused-ring (bicyclic) bond motifs is 1. The summed E-state index contributed by atoms with van der Waals surface area (Å²) < 4.78 is 10.7. The van der Waals surface area contributed by atoms with Crippen molar-refractivity contribution in [3.8, 4) is 6.07 Å². The van der Waals surface area contributed by atoms with Crippen LogP contribution in [0.4, 0.5) is 6.01 Å². The number of oxazole rings is 1. The van der Waals surface area contributed by atoms with Gasteiger partial charge in [-0.3, -0.25) is 0 Å². The lowest BCUT2D eigenvalue weighted by Crippen LogP contribution is -2.28. The summed E-state index contributed by atoms with van der Waals surface area (Å²) in [5, 5.41) is 8.67. The van der Waals surface area contributed by atoms with Crippen LogP contribution in [0.25, 0.3) is 11.1 Å². The average molecular weight is 245 g/mol. The Morgan fingerprint density at radius 1 is 1.39 bits per heavy atom. The van der Waals surface area contributed by atoms with E-state index in [2.05, 4.69) is 11.1 Å². The molecule has 0 aliphatic carbocycles. The number of benzene rings is 1. The predicted octanol–water partition coefficient (Wildman–Crippen LogP) is 2.19. The number of hydrogen-bond donors (Lipinski definition) is 0. The van der Waals surface area contributed by atoms with Gasteiger partial charge in [0.05, 0.1) is 19.1 Å². The number of nitrogens with zero attached hydrogens (tertiary/aromatic N) is 3. The van der Waals surface area contributed by atoms with E-state index in [4.69, 9.17) is 14.4 Å². The van der Waals surface area contributed by atoms with Crippen molar-refractivity contribution in [1.82, 2.24) is 4.98 Å². The summed E-state index contributed by atoms with van der Waals surface area (Å²) in [7, 11) is 1.65. The SMILES string of the molecule is COCCN(CCC#N)c1nc2ccccc2o1. The summed E-state index contributed by atoms with van der Waals surface area (Å²) in [6.45, 7) is 1.82. The van der Waals surface area contributed by atoms with Gasteiger partial charge in [-0.25, -0.2) is 0 Å². The Bertz CT molecular complexity index is 511. The monoisotopic (exact) mass is 245 g/mol. The maximum absolute atomic E-state index is 8.67. The number of ether oxygens (including phenoxy) is 1. The first-order valence-electron chi connectivity index (χ1n) is 5.81. The summed E-state index contributed by atoms with van der Waals surface area (Å²) in [6.07, 6.45) is 0.433. The minimum Gasteiger partial charge on any atom is -0.423 e. The van der Waals surface area contributed by atoms with E-state index in [1.54, 1.807) is 7.11 Å². The molecule has 1 heterocycles. The van der Waals surface area contributed by atoms with Gasteiger partial charge in [0.15, 0.2) is 5.58 Å². The maximum Gasteiger partial charge on any atom is 0.298 e. The van der Waals surface area contributed by atoms with Crippen LogP contribution in [0.5, 0.6) is 0 Å². The van der Waals surface area contributed by atoms with E-state index >= 15 is 0 Å². The molecule has 0 unspecified atom stereocenters. The molecule has 2 rings (SSSR count). The molecule has 0 spiro atoms. The molecule has 1 aromatic heterocycles. The lowest BCUT2D eigenvalue weighted by Gasteiger charge is -2.18. The van der Waals surface area contributed by atoms with Gasteiger partial charge in [-0.05, 0) is 12.1 Å². The van der Waals surface area contributed by atoms with Crippen molar-refractivity contribution in [3.05, 3.63) is 24.3 Å². The van der Waals surface area contributed by atoms with E-state index in [0.717, 1.165) is 11.1 Å². The van der Waals surface area contributed by atoms with Crippen LogP contribution in [-0.4, -0.2) is 31.8 Å². The Hall–Kier alpha value is -2.06. The zero-order valence-corrected chi connectivity index (χ0v) is 10.3. The molecule has 0 fully saturated rings. The molecule has 5 nitrogen and oxygen atoms in total. The van der Waals surface area contributed by atoms with Crippen molar-refractivity contribution >= 4 is 17.1 Å². The summed E-state index contributed by atoms with van der Waals surface area (Å²) in [4.78, 5) is 6.34. The fourth-order valence-corrected chi connectivity index (χ4v) is 1.68. The van der Waals surface area contributed by atoms with Crippen molar-refractivity contribution in [3.63, 3.8) is 0 Å². The molecule has 0 saturated heterocycles. The molecule has 18 heavy (non-hydrogen) atoms.